The normalized spacial score (nSPS) is 10.7. The Morgan fingerprint density at radius 1 is 1.24 bits per heavy atom. The van der Waals surface area contributed by atoms with Gasteiger partial charge in [-0.05, 0) is 54.4 Å². The van der Waals surface area contributed by atoms with Gasteiger partial charge in [-0.1, -0.05) is 29.3 Å². The number of hydrazone groups is 1. The van der Waals surface area contributed by atoms with Gasteiger partial charge in [-0.2, -0.15) is 5.10 Å². The molecule has 2 rings (SSSR count). The Morgan fingerprint density at radius 3 is 2.68 bits per heavy atom. The fourth-order valence-corrected chi connectivity index (χ4v) is 2.43. The van der Waals surface area contributed by atoms with Gasteiger partial charge in [0.2, 0.25) is 0 Å². The molecule has 1 N–H and O–H groups in total. The number of ether oxygens (including phenoxy) is 2. The van der Waals surface area contributed by atoms with Crippen molar-refractivity contribution in [1.82, 2.24) is 5.43 Å². The molecule has 0 aliphatic carbocycles. The number of nitrogens with zero attached hydrogens (tertiary/aromatic N) is 1. The summed E-state index contributed by atoms with van der Waals surface area (Å²) >= 11 is 3.34. The van der Waals surface area contributed by atoms with Gasteiger partial charge in [0.25, 0.3) is 5.91 Å². The van der Waals surface area contributed by atoms with Crippen LogP contribution in [0.5, 0.6) is 11.5 Å². The van der Waals surface area contributed by atoms with Crippen molar-refractivity contribution in [1.29, 1.82) is 0 Å². The zero-order valence-corrected chi connectivity index (χ0v) is 15.9. The van der Waals surface area contributed by atoms with Gasteiger partial charge in [-0.25, -0.2) is 5.43 Å². The van der Waals surface area contributed by atoms with Crippen LogP contribution in [-0.4, -0.2) is 25.8 Å². The Hall–Kier alpha value is -2.34. The van der Waals surface area contributed by atoms with Crippen LogP contribution in [0.1, 0.15) is 35.7 Å². The highest BCUT2D eigenvalue weighted by atomic mass is 79.9. The zero-order valence-electron chi connectivity index (χ0n) is 14.3. The molecule has 2 aromatic carbocycles. The smallest absolute Gasteiger partial charge is 0.275 e. The first-order valence-corrected chi connectivity index (χ1v) is 8.83. The Morgan fingerprint density at radius 2 is 2.00 bits per heavy atom. The van der Waals surface area contributed by atoms with Crippen LogP contribution in [0.25, 0.3) is 0 Å². The number of hydrogen-bond donors (Lipinski definition) is 1. The number of nitrogens with one attached hydrogen (secondary N) is 1. The highest BCUT2D eigenvalue weighted by Crippen LogP contribution is 2.22. The predicted octanol–water partition coefficient (Wildman–Crippen LogP) is 4.40. The topological polar surface area (TPSA) is 59.9 Å². The summed E-state index contributed by atoms with van der Waals surface area (Å²) in [4.78, 5) is 12.2. The second-order valence-electron chi connectivity index (χ2n) is 5.31. The molecule has 0 radical (unpaired) electrons. The molecule has 0 aliphatic heterocycles. The summed E-state index contributed by atoms with van der Waals surface area (Å²) in [6.07, 6.45) is 3.72. The van der Waals surface area contributed by atoms with E-state index in [-0.39, 0.29) is 5.91 Å². The number of halogens is 1. The van der Waals surface area contributed by atoms with Crippen LogP contribution in [0.15, 0.2) is 52.0 Å². The van der Waals surface area contributed by atoms with Crippen LogP contribution in [0.3, 0.4) is 0 Å². The van der Waals surface area contributed by atoms with E-state index in [0.717, 1.165) is 28.6 Å². The minimum atomic E-state index is -0.339. The van der Waals surface area contributed by atoms with Crippen LogP contribution in [0, 0.1) is 0 Å². The van der Waals surface area contributed by atoms with Gasteiger partial charge in [0.05, 0.1) is 25.5 Å². The number of carbonyl (C=O) groups is 1. The van der Waals surface area contributed by atoms with Crippen molar-refractivity contribution < 1.29 is 14.3 Å². The van der Waals surface area contributed by atoms with Gasteiger partial charge < -0.3 is 9.47 Å². The Bertz CT molecular complexity index is 730. The van der Waals surface area contributed by atoms with Gasteiger partial charge in [-0.15, -0.1) is 0 Å². The lowest BCUT2D eigenvalue weighted by Gasteiger charge is -2.07. The number of rotatable bonds is 8. The van der Waals surface area contributed by atoms with Crippen molar-refractivity contribution >= 4 is 28.1 Å². The number of amides is 1. The summed E-state index contributed by atoms with van der Waals surface area (Å²) in [6.45, 7) is 2.84. The van der Waals surface area contributed by atoms with Crippen LogP contribution in [0.2, 0.25) is 0 Å². The van der Waals surface area contributed by atoms with Gasteiger partial charge >= 0.3 is 0 Å². The first kappa shape index (κ1) is 19.0. The molecule has 2 aromatic rings. The summed E-state index contributed by atoms with van der Waals surface area (Å²) in [5, 5.41) is 3.99. The average molecular weight is 405 g/mol. The second-order valence-corrected chi connectivity index (χ2v) is 6.23. The van der Waals surface area contributed by atoms with E-state index >= 15 is 0 Å². The molecule has 25 heavy (non-hydrogen) atoms. The van der Waals surface area contributed by atoms with Crippen LogP contribution in [-0.2, 0) is 0 Å². The average Bonchev–Trinajstić information content (AvgIpc) is 2.63. The third-order valence-corrected chi connectivity index (χ3v) is 3.93. The van der Waals surface area contributed by atoms with Gasteiger partial charge in [0.15, 0.2) is 0 Å². The van der Waals surface area contributed by atoms with Gasteiger partial charge in [-0.3, -0.25) is 4.79 Å². The zero-order chi connectivity index (χ0) is 18.1. The molecule has 0 saturated carbocycles. The second kappa shape index (κ2) is 9.84. The van der Waals surface area contributed by atoms with Gasteiger partial charge in [0, 0.05) is 4.47 Å². The number of carbonyl (C=O) groups excluding carboxylic acids is 1. The molecule has 0 fully saturated rings. The monoisotopic (exact) mass is 404 g/mol. The Kier molecular flexibility index (Phi) is 7.47. The maximum Gasteiger partial charge on any atom is 0.275 e. The largest absolute Gasteiger partial charge is 0.496 e. The van der Waals surface area contributed by atoms with E-state index in [1.807, 2.05) is 30.3 Å². The quantitative estimate of drug-likeness (QED) is 0.402. The van der Waals surface area contributed by atoms with Gasteiger partial charge in [0.1, 0.15) is 11.5 Å². The van der Waals surface area contributed by atoms with Crippen molar-refractivity contribution in [3.05, 3.63) is 58.1 Å². The van der Waals surface area contributed by atoms with E-state index in [1.54, 1.807) is 18.3 Å². The molecular weight excluding hydrogens is 384 g/mol. The highest BCUT2D eigenvalue weighted by Gasteiger charge is 2.11. The number of benzene rings is 2. The molecule has 0 saturated heterocycles. The first-order valence-electron chi connectivity index (χ1n) is 8.04. The molecule has 0 aromatic heterocycles. The molecule has 0 aliphatic rings. The fourth-order valence-electron chi connectivity index (χ4n) is 2.07. The molecule has 0 unspecified atom stereocenters. The molecule has 0 spiro atoms. The molecule has 5 nitrogen and oxygen atoms in total. The number of hydrogen-bond acceptors (Lipinski definition) is 4. The predicted molar refractivity (Wildman–Crippen MR) is 103 cm³/mol. The van der Waals surface area contributed by atoms with E-state index < -0.39 is 0 Å². The summed E-state index contributed by atoms with van der Waals surface area (Å²) < 4.78 is 11.6. The third kappa shape index (κ3) is 5.90. The van der Waals surface area contributed by atoms with E-state index in [1.165, 1.54) is 7.11 Å². The number of methoxy groups -OCH3 is 1. The number of unbranched alkanes of at least 4 members (excludes halogenated alkanes) is 1. The Balaban J connectivity index is 1.94. The molecule has 132 valence electrons. The SMILES string of the molecule is CCCCOc1ccc(/C=N\NC(=O)c2cc(Br)ccc2OC)cc1. The lowest BCUT2D eigenvalue weighted by molar-refractivity contribution is 0.0952. The van der Waals surface area contributed by atoms with E-state index in [0.29, 0.717) is 17.9 Å². The molecule has 0 heterocycles. The standard InChI is InChI=1S/C19H21BrN2O3/c1-3-4-11-25-16-8-5-14(6-9-16)13-21-22-19(23)17-12-15(20)7-10-18(17)24-2/h5-10,12-13H,3-4,11H2,1-2H3,(H,22,23)/b21-13-. The maximum absolute atomic E-state index is 12.2. The Labute approximate surface area is 156 Å². The fraction of sp³-hybridized carbons (Fsp3) is 0.263. The molecule has 1 amide bonds. The van der Waals surface area contributed by atoms with Crippen molar-refractivity contribution in [2.75, 3.05) is 13.7 Å². The molecule has 0 atom stereocenters. The van der Waals surface area contributed by atoms with Crippen molar-refractivity contribution in [2.24, 2.45) is 5.10 Å². The molecular formula is C19H21BrN2O3. The lowest BCUT2D eigenvalue weighted by Crippen LogP contribution is -2.18. The maximum atomic E-state index is 12.2. The van der Waals surface area contributed by atoms with Crippen molar-refractivity contribution in [3.8, 4) is 11.5 Å². The van der Waals surface area contributed by atoms with Crippen LogP contribution >= 0.6 is 15.9 Å². The van der Waals surface area contributed by atoms with E-state index in [2.05, 4.69) is 33.4 Å². The molecule has 0 bridgehead atoms. The first-order chi connectivity index (χ1) is 12.1. The highest BCUT2D eigenvalue weighted by molar-refractivity contribution is 9.10. The summed E-state index contributed by atoms with van der Waals surface area (Å²) in [7, 11) is 1.52. The summed E-state index contributed by atoms with van der Waals surface area (Å²) in [6, 6.07) is 12.8. The minimum Gasteiger partial charge on any atom is -0.496 e. The van der Waals surface area contributed by atoms with Crippen LogP contribution < -0.4 is 14.9 Å². The summed E-state index contributed by atoms with van der Waals surface area (Å²) in [5.74, 6) is 0.979. The lowest BCUT2D eigenvalue weighted by atomic mass is 10.2. The van der Waals surface area contributed by atoms with Crippen LogP contribution in [0.4, 0.5) is 0 Å². The molecule has 6 heteroatoms. The summed E-state index contributed by atoms with van der Waals surface area (Å²) in [5.41, 5.74) is 3.78. The minimum absolute atomic E-state index is 0.339. The third-order valence-electron chi connectivity index (χ3n) is 3.43. The van der Waals surface area contributed by atoms with Crippen molar-refractivity contribution in [2.45, 2.75) is 19.8 Å². The van der Waals surface area contributed by atoms with E-state index in [9.17, 15) is 4.79 Å². The van der Waals surface area contributed by atoms with Crippen molar-refractivity contribution in [3.63, 3.8) is 0 Å². The van der Waals surface area contributed by atoms with E-state index in [4.69, 9.17) is 9.47 Å².